The highest BCUT2D eigenvalue weighted by molar-refractivity contribution is 9.11. The number of sulfonamides is 1. The summed E-state index contributed by atoms with van der Waals surface area (Å²) in [4.78, 5) is -0.0114. The van der Waals surface area contributed by atoms with Crippen molar-refractivity contribution in [2.45, 2.75) is 11.8 Å². The molecule has 0 atom stereocenters. The van der Waals surface area contributed by atoms with Gasteiger partial charge in [0.1, 0.15) is 0 Å². The first kappa shape index (κ1) is 15.3. The molecule has 0 fully saturated rings. The van der Waals surface area contributed by atoms with E-state index in [-0.39, 0.29) is 10.7 Å². The summed E-state index contributed by atoms with van der Waals surface area (Å²) in [5.74, 6) is -0.0272. The zero-order chi connectivity index (χ0) is 15.1. The summed E-state index contributed by atoms with van der Waals surface area (Å²) in [6.45, 7) is 1.65. The van der Waals surface area contributed by atoms with Gasteiger partial charge in [-0.2, -0.15) is 5.10 Å². The predicted octanol–water partition coefficient (Wildman–Crippen LogP) is 2.64. The van der Waals surface area contributed by atoms with Crippen LogP contribution in [0, 0.1) is 6.92 Å². The van der Waals surface area contributed by atoms with Gasteiger partial charge >= 0.3 is 0 Å². The number of nitrogens with zero attached hydrogens (tertiary/aromatic N) is 2. The molecule has 0 amide bonds. The van der Waals surface area contributed by atoms with Gasteiger partial charge in [-0.1, -0.05) is 6.07 Å². The van der Waals surface area contributed by atoms with Crippen LogP contribution in [0.5, 0.6) is 0 Å². The summed E-state index contributed by atoms with van der Waals surface area (Å²) in [6, 6.07) is 5.26. The maximum atomic E-state index is 12.5. The SMILES string of the molecule is Cc1c(S(=O)(=O)Nc2c(Br)cccc2Br)c(N)nn1C. The number of nitrogens with one attached hydrogen (secondary N) is 1. The monoisotopic (exact) mass is 422 g/mol. The fraction of sp³-hybridized carbons (Fsp3) is 0.182. The van der Waals surface area contributed by atoms with Gasteiger partial charge in [-0.25, -0.2) is 8.42 Å². The maximum Gasteiger partial charge on any atom is 0.267 e. The fourth-order valence-corrected chi connectivity index (χ4v) is 4.61. The van der Waals surface area contributed by atoms with Crippen molar-refractivity contribution in [3.05, 3.63) is 32.8 Å². The van der Waals surface area contributed by atoms with E-state index in [1.807, 2.05) is 0 Å². The third-order valence-electron chi connectivity index (χ3n) is 2.77. The number of halogens is 2. The molecule has 1 aromatic heterocycles. The third-order valence-corrected chi connectivity index (χ3v) is 5.61. The molecule has 0 aliphatic carbocycles. The van der Waals surface area contributed by atoms with Crippen molar-refractivity contribution in [2.75, 3.05) is 10.5 Å². The molecule has 20 heavy (non-hydrogen) atoms. The number of aromatic nitrogens is 2. The minimum Gasteiger partial charge on any atom is -0.381 e. The molecule has 0 bridgehead atoms. The predicted molar refractivity (Wildman–Crippen MR) is 85.0 cm³/mol. The molecular formula is C11H12Br2N4O2S. The lowest BCUT2D eigenvalue weighted by atomic mass is 10.3. The maximum absolute atomic E-state index is 12.5. The molecule has 0 radical (unpaired) electrons. The molecule has 3 N–H and O–H groups in total. The lowest BCUT2D eigenvalue weighted by Gasteiger charge is -2.11. The lowest BCUT2D eigenvalue weighted by molar-refractivity contribution is 0.600. The second-order valence-corrected chi connectivity index (χ2v) is 7.45. The molecule has 2 aromatic rings. The number of anilines is 2. The van der Waals surface area contributed by atoms with Crippen molar-refractivity contribution in [1.29, 1.82) is 0 Å². The summed E-state index contributed by atoms with van der Waals surface area (Å²) >= 11 is 6.61. The van der Waals surface area contributed by atoms with Crippen molar-refractivity contribution in [3.63, 3.8) is 0 Å². The average molecular weight is 424 g/mol. The zero-order valence-corrected chi connectivity index (χ0v) is 14.7. The van der Waals surface area contributed by atoms with Gasteiger partial charge in [0.05, 0.1) is 11.4 Å². The molecule has 0 spiro atoms. The molecular weight excluding hydrogens is 412 g/mol. The van der Waals surface area contributed by atoms with Crippen molar-refractivity contribution in [3.8, 4) is 0 Å². The van der Waals surface area contributed by atoms with Gasteiger partial charge in [-0.15, -0.1) is 0 Å². The molecule has 1 aromatic carbocycles. The van der Waals surface area contributed by atoms with E-state index in [0.717, 1.165) is 0 Å². The molecule has 0 saturated carbocycles. The van der Waals surface area contributed by atoms with Crippen LogP contribution in [0.1, 0.15) is 5.69 Å². The van der Waals surface area contributed by atoms with E-state index in [4.69, 9.17) is 5.73 Å². The Labute approximate surface area is 133 Å². The van der Waals surface area contributed by atoms with Crippen LogP contribution in [0.4, 0.5) is 11.5 Å². The molecule has 0 unspecified atom stereocenters. The summed E-state index contributed by atoms with van der Waals surface area (Å²) in [5, 5.41) is 3.92. The highest BCUT2D eigenvalue weighted by atomic mass is 79.9. The molecule has 0 aliphatic rings. The van der Waals surface area contributed by atoms with Crippen LogP contribution >= 0.6 is 31.9 Å². The Balaban J connectivity index is 2.52. The average Bonchev–Trinajstić information content (AvgIpc) is 2.59. The van der Waals surface area contributed by atoms with Crippen LogP contribution in [-0.2, 0) is 17.1 Å². The minimum atomic E-state index is -3.82. The Bertz CT molecular complexity index is 751. The van der Waals surface area contributed by atoms with Crippen molar-refractivity contribution in [1.82, 2.24) is 9.78 Å². The van der Waals surface area contributed by atoms with Crippen LogP contribution in [0.25, 0.3) is 0 Å². The summed E-state index contributed by atoms with van der Waals surface area (Å²) in [5.41, 5.74) is 6.57. The van der Waals surface area contributed by atoms with E-state index in [1.165, 1.54) is 4.68 Å². The summed E-state index contributed by atoms with van der Waals surface area (Å²) in [6.07, 6.45) is 0. The summed E-state index contributed by atoms with van der Waals surface area (Å²) < 4.78 is 30.1. The largest absolute Gasteiger partial charge is 0.381 e. The standard InChI is InChI=1S/C11H12Br2N4O2S/c1-6-10(11(14)15-17(6)2)20(18,19)16-9-7(12)4-3-5-8(9)13/h3-5,16H,1-2H3,(H2,14,15). The summed E-state index contributed by atoms with van der Waals surface area (Å²) in [7, 11) is -2.18. The Hall–Kier alpha value is -1.06. The Kier molecular flexibility index (Phi) is 4.12. The normalized spacial score (nSPS) is 11.6. The van der Waals surface area contributed by atoms with E-state index < -0.39 is 10.0 Å². The third kappa shape index (κ3) is 2.70. The number of nitrogens with two attached hydrogens (primary N) is 1. The Morgan fingerprint density at radius 3 is 2.30 bits per heavy atom. The van der Waals surface area contributed by atoms with Crippen molar-refractivity contribution >= 4 is 53.4 Å². The fourth-order valence-electron chi connectivity index (χ4n) is 1.73. The highest BCUT2D eigenvalue weighted by Gasteiger charge is 2.26. The number of aryl methyl sites for hydroxylation is 1. The topological polar surface area (TPSA) is 90.0 Å². The van der Waals surface area contributed by atoms with E-state index in [9.17, 15) is 8.42 Å². The first-order valence-electron chi connectivity index (χ1n) is 5.50. The second-order valence-electron chi connectivity index (χ2n) is 4.13. The van der Waals surface area contributed by atoms with Crippen molar-refractivity contribution < 1.29 is 8.42 Å². The lowest BCUT2D eigenvalue weighted by Crippen LogP contribution is -2.16. The minimum absolute atomic E-state index is 0.0114. The van der Waals surface area contributed by atoms with E-state index in [2.05, 4.69) is 41.7 Å². The number of hydrogen-bond acceptors (Lipinski definition) is 4. The van der Waals surface area contributed by atoms with Crippen LogP contribution in [0.3, 0.4) is 0 Å². The van der Waals surface area contributed by atoms with Gasteiger partial charge < -0.3 is 5.73 Å². The van der Waals surface area contributed by atoms with Crippen LogP contribution in [-0.4, -0.2) is 18.2 Å². The van der Waals surface area contributed by atoms with Gasteiger partial charge in [0.25, 0.3) is 10.0 Å². The van der Waals surface area contributed by atoms with Crippen LogP contribution in [0.15, 0.2) is 32.0 Å². The molecule has 1 heterocycles. The van der Waals surface area contributed by atoms with E-state index >= 15 is 0 Å². The zero-order valence-electron chi connectivity index (χ0n) is 10.7. The number of benzene rings is 1. The second kappa shape index (κ2) is 5.38. The van der Waals surface area contributed by atoms with Crippen LogP contribution in [0.2, 0.25) is 0 Å². The van der Waals surface area contributed by atoms with Gasteiger partial charge in [0.15, 0.2) is 10.7 Å². The van der Waals surface area contributed by atoms with Crippen molar-refractivity contribution in [2.24, 2.45) is 7.05 Å². The van der Waals surface area contributed by atoms with Gasteiger partial charge in [-0.05, 0) is 50.9 Å². The first-order valence-corrected chi connectivity index (χ1v) is 8.57. The smallest absolute Gasteiger partial charge is 0.267 e. The molecule has 0 saturated heterocycles. The molecule has 6 nitrogen and oxygen atoms in total. The molecule has 108 valence electrons. The Morgan fingerprint density at radius 2 is 1.85 bits per heavy atom. The quantitative estimate of drug-likeness (QED) is 0.793. The van der Waals surface area contributed by atoms with E-state index in [0.29, 0.717) is 20.3 Å². The number of hydrogen-bond donors (Lipinski definition) is 2. The van der Waals surface area contributed by atoms with Gasteiger partial charge in [0, 0.05) is 16.0 Å². The molecule has 0 aliphatic heterocycles. The molecule has 9 heteroatoms. The Morgan fingerprint density at radius 1 is 1.30 bits per heavy atom. The first-order chi connectivity index (χ1) is 9.24. The number of rotatable bonds is 3. The van der Waals surface area contributed by atoms with Crippen LogP contribution < -0.4 is 10.5 Å². The highest BCUT2D eigenvalue weighted by Crippen LogP contribution is 2.33. The molecule has 2 rings (SSSR count). The van der Waals surface area contributed by atoms with Gasteiger partial charge in [0.2, 0.25) is 0 Å². The number of para-hydroxylation sites is 1. The van der Waals surface area contributed by atoms with E-state index in [1.54, 1.807) is 32.2 Å². The van der Waals surface area contributed by atoms with Gasteiger partial charge in [-0.3, -0.25) is 9.40 Å². The number of nitrogen functional groups attached to an aromatic ring is 1.